The van der Waals surface area contributed by atoms with E-state index >= 15 is 0 Å². The van der Waals surface area contributed by atoms with Gasteiger partial charge in [-0.3, -0.25) is 4.79 Å². The molecule has 3 aromatic carbocycles. The lowest BCUT2D eigenvalue weighted by atomic mass is 10.2. The van der Waals surface area contributed by atoms with E-state index in [0.717, 1.165) is 5.69 Å². The Kier molecular flexibility index (Phi) is 3.96. The van der Waals surface area contributed by atoms with Crippen LogP contribution in [0, 0.1) is 0 Å². The van der Waals surface area contributed by atoms with Crippen molar-refractivity contribution in [2.75, 3.05) is 5.32 Å². The molecule has 0 unspecified atom stereocenters. The minimum atomic E-state index is -0.133. The molecule has 4 nitrogen and oxygen atoms in total. The van der Waals surface area contributed by atoms with Crippen molar-refractivity contribution >= 4 is 34.1 Å². The van der Waals surface area contributed by atoms with Gasteiger partial charge in [-0.15, -0.1) is 0 Å². The van der Waals surface area contributed by atoms with Crippen LogP contribution in [0.4, 0.5) is 11.6 Å². The summed E-state index contributed by atoms with van der Waals surface area (Å²) in [5.74, 6) is 0.419. The van der Waals surface area contributed by atoms with Crippen LogP contribution in [0.1, 0.15) is 0 Å². The summed E-state index contributed by atoms with van der Waals surface area (Å²) in [4.78, 5) is 17.7. The number of para-hydroxylation sites is 3. The first-order chi connectivity index (χ1) is 12.2. The number of anilines is 2. The fourth-order valence-electron chi connectivity index (χ4n) is 2.72. The first kappa shape index (κ1) is 15.4. The number of halogens is 1. The van der Waals surface area contributed by atoms with Crippen LogP contribution in [0.2, 0.25) is 5.02 Å². The Morgan fingerprint density at radius 1 is 0.840 bits per heavy atom. The fourth-order valence-corrected chi connectivity index (χ4v) is 2.90. The number of aromatic nitrogens is 2. The van der Waals surface area contributed by atoms with E-state index in [1.165, 1.54) is 0 Å². The van der Waals surface area contributed by atoms with Gasteiger partial charge in [0.1, 0.15) is 0 Å². The molecule has 1 aromatic heterocycles. The predicted octanol–water partition coefficient (Wildman–Crippen LogP) is 4.78. The van der Waals surface area contributed by atoms with Gasteiger partial charge in [0.25, 0.3) is 5.56 Å². The molecular formula is C20H14ClN3O. The minimum Gasteiger partial charge on any atom is -0.324 e. The fraction of sp³-hybridized carbons (Fsp3) is 0. The first-order valence-electron chi connectivity index (χ1n) is 7.83. The molecule has 122 valence electrons. The molecule has 0 radical (unpaired) electrons. The van der Waals surface area contributed by atoms with Gasteiger partial charge in [0.15, 0.2) is 0 Å². The van der Waals surface area contributed by atoms with Crippen LogP contribution in [0.5, 0.6) is 0 Å². The van der Waals surface area contributed by atoms with E-state index < -0.39 is 0 Å². The summed E-state index contributed by atoms with van der Waals surface area (Å²) in [7, 11) is 0. The summed E-state index contributed by atoms with van der Waals surface area (Å²) >= 11 is 6.25. The maximum atomic E-state index is 13.1. The Balaban J connectivity index is 1.99. The Labute approximate surface area is 149 Å². The maximum absolute atomic E-state index is 13.1. The SMILES string of the molecule is O=c1c2ccccc2nc(Nc2ccccc2Cl)n1-c1ccccc1. The number of rotatable bonds is 3. The number of benzene rings is 3. The lowest BCUT2D eigenvalue weighted by Gasteiger charge is -2.15. The zero-order chi connectivity index (χ0) is 17.2. The van der Waals surface area contributed by atoms with Crippen molar-refractivity contribution in [3.05, 3.63) is 94.2 Å². The van der Waals surface area contributed by atoms with Crippen molar-refractivity contribution in [3.63, 3.8) is 0 Å². The van der Waals surface area contributed by atoms with E-state index in [4.69, 9.17) is 11.6 Å². The van der Waals surface area contributed by atoms with Crippen LogP contribution in [-0.4, -0.2) is 9.55 Å². The normalized spacial score (nSPS) is 10.8. The van der Waals surface area contributed by atoms with Gasteiger partial charge in [0, 0.05) is 0 Å². The lowest BCUT2D eigenvalue weighted by Crippen LogP contribution is -2.22. The van der Waals surface area contributed by atoms with Crippen LogP contribution >= 0.6 is 11.6 Å². The van der Waals surface area contributed by atoms with Crippen molar-refractivity contribution in [2.24, 2.45) is 0 Å². The van der Waals surface area contributed by atoms with Gasteiger partial charge in [0.2, 0.25) is 5.95 Å². The number of hydrogen-bond donors (Lipinski definition) is 1. The summed E-state index contributed by atoms with van der Waals surface area (Å²) in [6.07, 6.45) is 0. The van der Waals surface area contributed by atoms with Crippen molar-refractivity contribution in [1.82, 2.24) is 9.55 Å². The standard InChI is InChI=1S/C20H14ClN3O/c21-16-11-5-7-13-18(16)23-20-22-17-12-6-4-10-15(17)19(25)24(20)14-8-2-1-3-9-14/h1-13H,(H,22,23). The van der Waals surface area contributed by atoms with Crippen LogP contribution in [0.15, 0.2) is 83.7 Å². The van der Waals surface area contributed by atoms with Gasteiger partial charge in [-0.1, -0.05) is 54.1 Å². The monoisotopic (exact) mass is 347 g/mol. The molecule has 25 heavy (non-hydrogen) atoms. The maximum Gasteiger partial charge on any atom is 0.267 e. The highest BCUT2D eigenvalue weighted by molar-refractivity contribution is 6.33. The van der Waals surface area contributed by atoms with E-state index in [1.54, 1.807) is 16.7 Å². The molecule has 1 heterocycles. The number of nitrogens with one attached hydrogen (secondary N) is 1. The predicted molar refractivity (Wildman–Crippen MR) is 102 cm³/mol. The number of hydrogen-bond acceptors (Lipinski definition) is 3. The second-order valence-corrected chi connectivity index (χ2v) is 5.94. The van der Waals surface area contributed by atoms with E-state index in [1.807, 2.05) is 66.7 Å². The number of fused-ring (bicyclic) bond motifs is 1. The number of nitrogens with zero attached hydrogens (tertiary/aromatic N) is 2. The van der Waals surface area contributed by atoms with Crippen molar-refractivity contribution in [3.8, 4) is 5.69 Å². The van der Waals surface area contributed by atoms with Crippen molar-refractivity contribution < 1.29 is 0 Å². The summed E-state index contributed by atoms with van der Waals surface area (Å²) < 4.78 is 1.56. The highest BCUT2D eigenvalue weighted by Gasteiger charge is 2.13. The average molecular weight is 348 g/mol. The molecule has 0 aliphatic carbocycles. The largest absolute Gasteiger partial charge is 0.324 e. The van der Waals surface area contributed by atoms with E-state index in [-0.39, 0.29) is 5.56 Å². The van der Waals surface area contributed by atoms with Gasteiger partial charge in [-0.25, -0.2) is 9.55 Å². The Morgan fingerprint density at radius 2 is 1.52 bits per heavy atom. The Morgan fingerprint density at radius 3 is 2.32 bits per heavy atom. The second-order valence-electron chi connectivity index (χ2n) is 5.53. The van der Waals surface area contributed by atoms with Gasteiger partial charge in [-0.05, 0) is 36.4 Å². The third-order valence-corrected chi connectivity index (χ3v) is 4.24. The lowest BCUT2D eigenvalue weighted by molar-refractivity contribution is 0.974. The molecule has 0 saturated heterocycles. The molecule has 0 aliphatic rings. The average Bonchev–Trinajstić information content (AvgIpc) is 2.65. The van der Waals surface area contributed by atoms with Crippen molar-refractivity contribution in [1.29, 1.82) is 0 Å². The summed E-state index contributed by atoms with van der Waals surface area (Å²) in [5.41, 5.74) is 1.93. The van der Waals surface area contributed by atoms with Gasteiger partial charge < -0.3 is 5.32 Å². The van der Waals surface area contributed by atoms with Gasteiger partial charge in [-0.2, -0.15) is 0 Å². The zero-order valence-corrected chi connectivity index (χ0v) is 13.9. The Bertz CT molecular complexity index is 1110. The third-order valence-electron chi connectivity index (χ3n) is 3.91. The van der Waals surface area contributed by atoms with Crippen LogP contribution < -0.4 is 10.9 Å². The molecule has 0 bridgehead atoms. The van der Waals surface area contributed by atoms with E-state index in [9.17, 15) is 4.79 Å². The summed E-state index contributed by atoms with van der Waals surface area (Å²) in [5, 5.41) is 4.32. The highest BCUT2D eigenvalue weighted by atomic mass is 35.5. The summed E-state index contributed by atoms with van der Waals surface area (Å²) in [6, 6.07) is 24.1. The molecular weight excluding hydrogens is 334 g/mol. The molecule has 0 atom stereocenters. The minimum absolute atomic E-state index is 0.133. The molecule has 4 rings (SSSR count). The van der Waals surface area contributed by atoms with Crippen LogP contribution in [0.3, 0.4) is 0 Å². The van der Waals surface area contributed by atoms with Crippen LogP contribution in [-0.2, 0) is 0 Å². The molecule has 0 saturated carbocycles. The van der Waals surface area contributed by atoms with Crippen LogP contribution in [0.25, 0.3) is 16.6 Å². The molecule has 0 fully saturated rings. The zero-order valence-electron chi connectivity index (χ0n) is 13.2. The molecule has 0 aliphatic heterocycles. The van der Waals surface area contributed by atoms with Gasteiger partial charge >= 0.3 is 0 Å². The van der Waals surface area contributed by atoms with Crippen molar-refractivity contribution in [2.45, 2.75) is 0 Å². The Hall–Kier alpha value is -3.11. The molecule has 0 amide bonds. The highest BCUT2D eigenvalue weighted by Crippen LogP contribution is 2.25. The van der Waals surface area contributed by atoms with E-state index in [0.29, 0.717) is 27.6 Å². The molecule has 0 spiro atoms. The quantitative estimate of drug-likeness (QED) is 0.580. The molecule has 5 heteroatoms. The summed E-state index contributed by atoms with van der Waals surface area (Å²) in [6.45, 7) is 0. The third kappa shape index (κ3) is 2.88. The molecule has 1 N–H and O–H groups in total. The van der Waals surface area contributed by atoms with Gasteiger partial charge in [0.05, 0.1) is 27.3 Å². The smallest absolute Gasteiger partial charge is 0.267 e. The van der Waals surface area contributed by atoms with E-state index in [2.05, 4.69) is 10.3 Å². The molecule has 4 aromatic rings. The topological polar surface area (TPSA) is 46.9 Å². The first-order valence-corrected chi connectivity index (χ1v) is 8.20. The second kappa shape index (κ2) is 6.42.